The Morgan fingerprint density at radius 3 is 2.65 bits per heavy atom. The second-order valence-corrected chi connectivity index (χ2v) is 6.57. The third-order valence-electron chi connectivity index (χ3n) is 4.43. The number of aryl methyl sites for hydroxylation is 1. The second-order valence-electron chi connectivity index (χ2n) is 6.57. The Morgan fingerprint density at radius 1 is 1.31 bits per heavy atom. The summed E-state index contributed by atoms with van der Waals surface area (Å²) in [5.74, 6) is -0.148. The molecule has 1 aromatic carbocycles. The van der Waals surface area contributed by atoms with Crippen LogP contribution in [0.2, 0.25) is 0 Å². The van der Waals surface area contributed by atoms with E-state index in [1.807, 2.05) is 18.7 Å². The van der Waals surface area contributed by atoms with Crippen LogP contribution >= 0.6 is 0 Å². The molecule has 136 valence electrons. The Hall–Kier alpha value is -2.74. The molecule has 3 aromatic rings. The first kappa shape index (κ1) is 16.7. The zero-order valence-corrected chi connectivity index (χ0v) is 14.7. The number of rotatable bonds is 3. The first-order valence-corrected chi connectivity index (χ1v) is 8.38. The minimum Gasteiger partial charge on any atom is -0.449 e. The molecule has 0 aliphatic carbocycles. The molecular formula is C18H18FN3O4. The van der Waals surface area contributed by atoms with Crippen LogP contribution in [0.3, 0.4) is 0 Å². The normalized spacial score (nSPS) is 20.7. The van der Waals surface area contributed by atoms with E-state index >= 15 is 4.39 Å². The van der Waals surface area contributed by atoms with E-state index < -0.39 is 5.82 Å². The maximum atomic E-state index is 15.3. The first-order chi connectivity index (χ1) is 12.5. The summed E-state index contributed by atoms with van der Waals surface area (Å²) in [6.07, 6.45) is 1.92. The zero-order chi connectivity index (χ0) is 18.4. The number of aromatic nitrogens is 2. The van der Waals surface area contributed by atoms with Crippen molar-refractivity contribution in [3.63, 3.8) is 0 Å². The van der Waals surface area contributed by atoms with Gasteiger partial charge in [-0.15, -0.1) is 0 Å². The van der Waals surface area contributed by atoms with Crippen LogP contribution in [0.15, 0.2) is 21.3 Å². The van der Waals surface area contributed by atoms with Crippen LogP contribution < -0.4 is 4.90 Å². The Balaban J connectivity index is 1.87. The molecule has 3 heterocycles. The zero-order valence-electron chi connectivity index (χ0n) is 14.7. The fourth-order valence-electron chi connectivity index (χ4n) is 3.48. The smallest absolute Gasteiger partial charge is 0.205 e. The predicted octanol–water partition coefficient (Wildman–Crippen LogP) is 3.36. The summed E-state index contributed by atoms with van der Waals surface area (Å²) in [5, 5.41) is 4.32. The summed E-state index contributed by atoms with van der Waals surface area (Å²) in [6, 6.07) is 1.58. The maximum Gasteiger partial charge on any atom is 0.205 e. The fourth-order valence-corrected chi connectivity index (χ4v) is 3.48. The van der Waals surface area contributed by atoms with Crippen LogP contribution in [0.4, 0.5) is 10.1 Å². The molecule has 2 aromatic heterocycles. The molecule has 0 saturated carbocycles. The van der Waals surface area contributed by atoms with Crippen molar-refractivity contribution in [2.45, 2.75) is 33.0 Å². The monoisotopic (exact) mass is 359 g/mol. The lowest BCUT2D eigenvalue weighted by Gasteiger charge is -2.37. The van der Waals surface area contributed by atoms with E-state index in [1.54, 1.807) is 13.0 Å². The SMILES string of the molecule is Cc1nc(-c2noc3c(F)c(N4C[C@@H](C)O[C@@H](C)C4)c(C=O)cc23)co1. The molecule has 0 N–H and O–H groups in total. The summed E-state index contributed by atoms with van der Waals surface area (Å²) in [6.45, 7) is 6.49. The summed E-state index contributed by atoms with van der Waals surface area (Å²) in [7, 11) is 0. The Labute approximate surface area is 148 Å². The Kier molecular flexibility index (Phi) is 3.99. The molecule has 0 spiro atoms. The predicted molar refractivity (Wildman–Crippen MR) is 91.8 cm³/mol. The van der Waals surface area contributed by atoms with Crippen molar-refractivity contribution in [2.24, 2.45) is 0 Å². The third kappa shape index (κ3) is 2.66. The molecule has 26 heavy (non-hydrogen) atoms. The molecule has 1 aliphatic rings. The summed E-state index contributed by atoms with van der Waals surface area (Å²) in [5.41, 5.74) is 1.22. The topological polar surface area (TPSA) is 81.6 Å². The van der Waals surface area contributed by atoms with Crippen molar-refractivity contribution in [1.82, 2.24) is 10.1 Å². The number of ether oxygens (including phenoxy) is 1. The van der Waals surface area contributed by atoms with Crippen LogP contribution in [0, 0.1) is 12.7 Å². The van der Waals surface area contributed by atoms with Crippen LogP contribution in [0.1, 0.15) is 30.1 Å². The Bertz CT molecular complexity index is 970. The van der Waals surface area contributed by atoms with Crippen LogP contribution in [0.5, 0.6) is 0 Å². The lowest BCUT2D eigenvalue weighted by atomic mass is 10.1. The van der Waals surface area contributed by atoms with Gasteiger partial charge < -0.3 is 18.6 Å². The van der Waals surface area contributed by atoms with Crippen molar-refractivity contribution < 1.29 is 22.9 Å². The largest absolute Gasteiger partial charge is 0.449 e. The average Bonchev–Trinajstić information content (AvgIpc) is 3.19. The summed E-state index contributed by atoms with van der Waals surface area (Å²) in [4.78, 5) is 17.7. The van der Waals surface area contributed by atoms with Gasteiger partial charge in [-0.25, -0.2) is 9.37 Å². The number of carbonyl (C=O) groups excluding carboxylic acids is 1. The van der Waals surface area contributed by atoms with Gasteiger partial charge in [0.05, 0.1) is 23.3 Å². The summed E-state index contributed by atoms with van der Waals surface area (Å²) < 4.78 is 31.4. The molecule has 2 atom stereocenters. The molecule has 1 saturated heterocycles. The number of hydrogen-bond donors (Lipinski definition) is 0. The van der Waals surface area contributed by atoms with E-state index in [0.717, 1.165) is 0 Å². The molecule has 4 rings (SSSR count). The highest BCUT2D eigenvalue weighted by Crippen LogP contribution is 2.36. The fraction of sp³-hybridized carbons (Fsp3) is 0.389. The molecule has 0 amide bonds. The van der Waals surface area contributed by atoms with Crippen LogP contribution in [-0.2, 0) is 4.74 Å². The lowest BCUT2D eigenvalue weighted by Crippen LogP contribution is -2.46. The van der Waals surface area contributed by atoms with Gasteiger partial charge >= 0.3 is 0 Å². The number of morpholine rings is 1. The third-order valence-corrected chi connectivity index (χ3v) is 4.43. The number of benzene rings is 1. The van der Waals surface area contributed by atoms with Crippen molar-refractivity contribution in [3.05, 3.63) is 29.6 Å². The molecular weight excluding hydrogens is 341 g/mol. The number of aldehydes is 1. The van der Waals surface area contributed by atoms with E-state index in [4.69, 9.17) is 13.7 Å². The lowest BCUT2D eigenvalue weighted by molar-refractivity contribution is -0.00543. The van der Waals surface area contributed by atoms with Gasteiger partial charge in [0, 0.05) is 25.6 Å². The molecule has 1 fully saturated rings. The molecule has 1 aliphatic heterocycles. The maximum absolute atomic E-state index is 15.3. The summed E-state index contributed by atoms with van der Waals surface area (Å²) >= 11 is 0. The minimum atomic E-state index is -0.607. The van der Waals surface area contributed by atoms with Crippen molar-refractivity contribution >= 4 is 22.9 Å². The van der Waals surface area contributed by atoms with Crippen molar-refractivity contribution in [2.75, 3.05) is 18.0 Å². The van der Waals surface area contributed by atoms with Crippen molar-refractivity contribution in [3.8, 4) is 11.4 Å². The highest BCUT2D eigenvalue weighted by Gasteiger charge is 2.29. The molecule has 7 nitrogen and oxygen atoms in total. The van der Waals surface area contributed by atoms with Gasteiger partial charge in [-0.1, -0.05) is 5.16 Å². The standard InChI is InChI=1S/C18H18FN3O4/c1-9-5-22(6-10(2)25-9)17-12(7-23)4-13-16(14-8-24-11(3)20-14)21-26-18(13)15(17)19/h4,7-10H,5-6H2,1-3H3/t9-,10+. The highest BCUT2D eigenvalue weighted by atomic mass is 19.1. The first-order valence-electron chi connectivity index (χ1n) is 8.38. The van der Waals surface area contributed by atoms with Gasteiger partial charge in [-0.05, 0) is 19.9 Å². The molecule has 8 heteroatoms. The van der Waals surface area contributed by atoms with E-state index in [1.165, 1.54) is 6.26 Å². The van der Waals surface area contributed by atoms with Gasteiger partial charge in [0.2, 0.25) is 5.58 Å². The van der Waals surface area contributed by atoms with E-state index in [-0.39, 0.29) is 29.0 Å². The second kappa shape index (κ2) is 6.21. The molecule has 0 radical (unpaired) electrons. The van der Waals surface area contributed by atoms with Gasteiger partial charge in [0.1, 0.15) is 17.7 Å². The Morgan fingerprint density at radius 2 is 2.04 bits per heavy atom. The number of halogens is 1. The number of anilines is 1. The van der Waals surface area contributed by atoms with Crippen molar-refractivity contribution in [1.29, 1.82) is 0 Å². The van der Waals surface area contributed by atoms with E-state index in [9.17, 15) is 4.79 Å². The van der Waals surface area contributed by atoms with E-state index in [0.29, 0.717) is 42.0 Å². The number of carbonyl (C=O) groups is 1. The highest BCUT2D eigenvalue weighted by molar-refractivity contribution is 5.99. The van der Waals surface area contributed by atoms with Gasteiger partial charge in [-0.3, -0.25) is 4.79 Å². The van der Waals surface area contributed by atoms with Gasteiger partial charge in [0.25, 0.3) is 0 Å². The minimum absolute atomic E-state index is 0.00643. The van der Waals surface area contributed by atoms with Crippen LogP contribution in [-0.4, -0.2) is 41.7 Å². The number of nitrogens with zero attached hydrogens (tertiary/aromatic N) is 3. The van der Waals surface area contributed by atoms with Gasteiger partial charge in [0.15, 0.2) is 18.0 Å². The number of hydrogen-bond acceptors (Lipinski definition) is 7. The van der Waals surface area contributed by atoms with Crippen LogP contribution in [0.25, 0.3) is 22.4 Å². The average molecular weight is 359 g/mol. The molecule has 0 bridgehead atoms. The number of fused-ring (bicyclic) bond motifs is 1. The molecule has 0 unspecified atom stereocenters. The van der Waals surface area contributed by atoms with E-state index in [2.05, 4.69) is 10.1 Å². The van der Waals surface area contributed by atoms with Gasteiger partial charge in [-0.2, -0.15) is 0 Å². The number of oxazole rings is 1. The quantitative estimate of drug-likeness (QED) is 0.663.